The summed E-state index contributed by atoms with van der Waals surface area (Å²) in [5.41, 5.74) is 0.858. The van der Waals surface area contributed by atoms with Gasteiger partial charge >= 0.3 is 23.3 Å². The number of nitrogens with zero attached hydrogens (tertiary/aromatic N) is 2. The van der Waals surface area contributed by atoms with Crippen LogP contribution in [0, 0.1) is 0 Å². The number of carbonyl (C=O) groups excluding carboxylic acids is 4. The first kappa shape index (κ1) is 19.7. The predicted octanol–water partition coefficient (Wildman–Crippen LogP) is 1.72. The fourth-order valence-electron chi connectivity index (χ4n) is 2.65. The van der Waals surface area contributed by atoms with Gasteiger partial charge < -0.3 is 15.0 Å². The van der Waals surface area contributed by atoms with E-state index in [4.69, 9.17) is 16.3 Å². The normalized spacial score (nSPS) is 17.2. The lowest BCUT2D eigenvalue weighted by Crippen LogP contribution is -2.60. The number of benzene rings is 1. The number of hydrogen-bond acceptors (Lipinski definition) is 5. The van der Waals surface area contributed by atoms with Crippen molar-refractivity contribution in [1.82, 2.24) is 15.1 Å². The third kappa shape index (κ3) is 4.95. The van der Waals surface area contributed by atoms with Crippen molar-refractivity contribution in [1.29, 1.82) is 0 Å². The number of hydrogen-bond donors (Lipinski definition) is 1. The number of rotatable bonds is 6. The van der Waals surface area contributed by atoms with E-state index >= 15 is 0 Å². The van der Waals surface area contributed by atoms with Crippen molar-refractivity contribution < 1.29 is 23.9 Å². The highest BCUT2D eigenvalue weighted by molar-refractivity contribution is 6.65. The van der Waals surface area contributed by atoms with Crippen LogP contribution in [0.25, 0.3) is 0 Å². The molecule has 0 saturated carbocycles. The van der Waals surface area contributed by atoms with Crippen LogP contribution in [0.2, 0.25) is 0 Å². The molecule has 8 nitrogen and oxygen atoms in total. The Morgan fingerprint density at radius 2 is 1.92 bits per heavy atom. The summed E-state index contributed by atoms with van der Waals surface area (Å²) in [5, 5.41) is 1.56. The predicted molar refractivity (Wildman–Crippen MR) is 93.4 cm³/mol. The van der Waals surface area contributed by atoms with Crippen molar-refractivity contribution in [2.45, 2.75) is 26.0 Å². The Morgan fingerprint density at radius 1 is 1.23 bits per heavy atom. The third-order valence-corrected chi connectivity index (χ3v) is 4.20. The summed E-state index contributed by atoms with van der Waals surface area (Å²) in [6.45, 7) is 2.56. The maximum Gasteiger partial charge on any atom is 0.407 e. The van der Waals surface area contributed by atoms with Gasteiger partial charge in [0.2, 0.25) is 0 Å². The third-order valence-electron chi connectivity index (χ3n) is 4.02. The highest BCUT2D eigenvalue weighted by Crippen LogP contribution is 2.17. The van der Waals surface area contributed by atoms with E-state index < -0.39 is 29.3 Å². The number of carbonyl (C=O) groups is 4. The molecule has 1 N–H and O–H groups in total. The van der Waals surface area contributed by atoms with Gasteiger partial charge in [0.1, 0.15) is 6.61 Å². The molecule has 1 aromatic rings. The smallest absolute Gasteiger partial charge is 0.407 e. The molecule has 0 unspecified atom stereocenters. The van der Waals surface area contributed by atoms with Gasteiger partial charge in [0.25, 0.3) is 0 Å². The van der Waals surface area contributed by atoms with Crippen LogP contribution in [0.4, 0.5) is 9.59 Å². The van der Waals surface area contributed by atoms with E-state index in [2.05, 4.69) is 5.32 Å². The Morgan fingerprint density at radius 3 is 2.54 bits per heavy atom. The molecule has 1 aromatic carbocycles. The molecular formula is C17H20ClN3O5. The Kier molecular flexibility index (Phi) is 6.97. The van der Waals surface area contributed by atoms with Gasteiger partial charge in [-0.05, 0) is 30.5 Å². The largest absolute Gasteiger partial charge is 0.445 e. The lowest BCUT2D eigenvalue weighted by Gasteiger charge is -2.37. The number of amides is 4. The van der Waals surface area contributed by atoms with E-state index in [9.17, 15) is 19.2 Å². The molecule has 4 amide bonds. The van der Waals surface area contributed by atoms with Gasteiger partial charge in [-0.2, -0.15) is 0 Å². The minimum Gasteiger partial charge on any atom is -0.445 e. The lowest BCUT2D eigenvalue weighted by atomic mass is 10.1. The fraction of sp³-hybridized carbons (Fsp3) is 0.412. The number of ether oxygens (including phenoxy) is 1. The summed E-state index contributed by atoms with van der Waals surface area (Å²) in [7, 11) is 0. The Labute approximate surface area is 156 Å². The first-order valence-electron chi connectivity index (χ1n) is 8.20. The minimum atomic E-state index is -1.00. The monoisotopic (exact) mass is 381 g/mol. The van der Waals surface area contributed by atoms with E-state index in [-0.39, 0.29) is 26.1 Å². The first-order valence-corrected chi connectivity index (χ1v) is 8.58. The zero-order valence-electron chi connectivity index (χ0n) is 14.3. The van der Waals surface area contributed by atoms with Gasteiger partial charge in [-0.25, -0.2) is 4.79 Å². The van der Waals surface area contributed by atoms with Crippen molar-refractivity contribution in [3.05, 3.63) is 35.9 Å². The Hall–Kier alpha value is -2.61. The van der Waals surface area contributed by atoms with Crippen LogP contribution in [0.3, 0.4) is 0 Å². The Bertz CT molecular complexity index is 682. The van der Waals surface area contributed by atoms with Crippen molar-refractivity contribution >= 4 is 34.9 Å². The van der Waals surface area contributed by atoms with Gasteiger partial charge in [-0.1, -0.05) is 30.3 Å². The Balaban J connectivity index is 1.84. The fourth-order valence-corrected chi connectivity index (χ4v) is 2.87. The number of imide groups is 1. The zero-order chi connectivity index (χ0) is 19.1. The molecule has 140 valence electrons. The standard InChI is InChI=1S/C17H20ClN3O5/c1-2-20-10-13(21(16(18)24)15(23)14(20)22)8-9-19-17(25)26-11-12-6-4-3-5-7-12/h3-7,13H,2,8-11H2,1H3,(H,19,25)/t13-/m0/s1. The van der Waals surface area contributed by atoms with E-state index in [1.807, 2.05) is 30.3 Å². The molecule has 1 aliphatic rings. The number of piperazine rings is 1. The quantitative estimate of drug-likeness (QED) is 0.460. The van der Waals surface area contributed by atoms with Gasteiger partial charge in [-0.3, -0.25) is 19.3 Å². The number of halogens is 1. The summed E-state index contributed by atoms with van der Waals surface area (Å²) in [5.74, 6) is -1.71. The molecule has 1 saturated heterocycles. The van der Waals surface area contributed by atoms with Gasteiger partial charge in [-0.15, -0.1) is 0 Å². The second kappa shape index (κ2) is 9.19. The van der Waals surface area contributed by atoms with Crippen molar-refractivity contribution in [3.63, 3.8) is 0 Å². The van der Waals surface area contributed by atoms with Crippen molar-refractivity contribution in [3.8, 4) is 0 Å². The van der Waals surface area contributed by atoms with Crippen LogP contribution < -0.4 is 5.32 Å². The average Bonchev–Trinajstić information content (AvgIpc) is 2.63. The average molecular weight is 382 g/mol. The molecule has 0 radical (unpaired) electrons. The van der Waals surface area contributed by atoms with Crippen molar-refractivity contribution in [2.24, 2.45) is 0 Å². The lowest BCUT2D eigenvalue weighted by molar-refractivity contribution is -0.155. The SMILES string of the molecule is CCN1C[C@H](CCNC(=O)OCc2ccccc2)N(C(=O)Cl)C(=O)C1=O. The van der Waals surface area contributed by atoms with Crippen LogP contribution in [-0.2, 0) is 20.9 Å². The summed E-state index contributed by atoms with van der Waals surface area (Å²) in [4.78, 5) is 49.2. The molecule has 0 spiro atoms. The van der Waals surface area contributed by atoms with E-state index in [1.165, 1.54) is 4.90 Å². The molecular weight excluding hydrogens is 362 g/mol. The first-order chi connectivity index (χ1) is 12.4. The second-order valence-corrected chi connectivity index (χ2v) is 6.03. The van der Waals surface area contributed by atoms with Gasteiger partial charge in [0.15, 0.2) is 0 Å². The van der Waals surface area contributed by atoms with Crippen LogP contribution in [0.5, 0.6) is 0 Å². The number of likely N-dealkylation sites (N-methyl/N-ethyl adjacent to an activating group) is 1. The second-order valence-electron chi connectivity index (χ2n) is 5.70. The van der Waals surface area contributed by atoms with Crippen LogP contribution in [0.1, 0.15) is 18.9 Å². The molecule has 9 heteroatoms. The summed E-state index contributed by atoms with van der Waals surface area (Å²) < 4.78 is 5.08. The van der Waals surface area contributed by atoms with E-state index in [1.54, 1.807) is 6.92 Å². The molecule has 1 fully saturated rings. The molecule has 0 bridgehead atoms. The molecule has 1 atom stereocenters. The molecule has 1 heterocycles. The van der Waals surface area contributed by atoms with Gasteiger partial charge in [0.05, 0.1) is 6.04 Å². The molecule has 2 rings (SSSR count). The number of nitrogens with one attached hydrogen (secondary N) is 1. The summed E-state index contributed by atoms with van der Waals surface area (Å²) >= 11 is 5.44. The van der Waals surface area contributed by atoms with Gasteiger partial charge in [0, 0.05) is 19.6 Å². The highest BCUT2D eigenvalue weighted by Gasteiger charge is 2.41. The van der Waals surface area contributed by atoms with Crippen LogP contribution in [-0.4, -0.2) is 58.7 Å². The highest BCUT2D eigenvalue weighted by atomic mass is 35.5. The zero-order valence-corrected chi connectivity index (χ0v) is 15.1. The van der Waals surface area contributed by atoms with E-state index in [0.29, 0.717) is 6.54 Å². The molecule has 0 aromatic heterocycles. The summed E-state index contributed by atoms with van der Waals surface area (Å²) in [6, 6.07) is 8.62. The maximum absolute atomic E-state index is 12.0. The number of alkyl carbamates (subject to hydrolysis) is 1. The van der Waals surface area contributed by atoms with E-state index in [0.717, 1.165) is 10.5 Å². The molecule has 26 heavy (non-hydrogen) atoms. The van der Waals surface area contributed by atoms with Crippen LogP contribution in [0.15, 0.2) is 30.3 Å². The maximum atomic E-state index is 12.0. The van der Waals surface area contributed by atoms with Crippen LogP contribution >= 0.6 is 11.6 Å². The molecule has 0 aliphatic carbocycles. The summed E-state index contributed by atoms with van der Waals surface area (Å²) in [6.07, 6.45) is -0.350. The topological polar surface area (TPSA) is 96.0 Å². The molecule has 1 aliphatic heterocycles. The minimum absolute atomic E-state index is 0.138. The van der Waals surface area contributed by atoms with Crippen molar-refractivity contribution in [2.75, 3.05) is 19.6 Å².